The van der Waals surface area contributed by atoms with Crippen LogP contribution in [0.25, 0.3) is 0 Å². The molecular formula is C13H17ClO. The molecule has 0 radical (unpaired) electrons. The van der Waals surface area contributed by atoms with E-state index in [0.29, 0.717) is 11.4 Å². The number of rotatable bonds is 4. The van der Waals surface area contributed by atoms with Crippen LogP contribution in [0.2, 0.25) is 5.02 Å². The highest BCUT2D eigenvalue weighted by Crippen LogP contribution is 2.19. The van der Waals surface area contributed by atoms with Gasteiger partial charge in [0.25, 0.3) is 0 Å². The van der Waals surface area contributed by atoms with E-state index < -0.39 is 0 Å². The van der Waals surface area contributed by atoms with Crippen LogP contribution in [0.15, 0.2) is 18.2 Å². The van der Waals surface area contributed by atoms with E-state index in [1.807, 2.05) is 39.0 Å². The lowest BCUT2D eigenvalue weighted by Crippen LogP contribution is -2.12. The number of halogens is 1. The van der Waals surface area contributed by atoms with E-state index in [0.717, 1.165) is 17.5 Å². The topological polar surface area (TPSA) is 17.1 Å². The van der Waals surface area contributed by atoms with Gasteiger partial charge in [0.1, 0.15) is 5.78 Å². The fraction of sp³-hybridized carbons (Fsp3) is 0.462. The third kappa shape index (κ3) is 3.35. The van der Waals surface area contributed by atoms with Gasteiger partial charge in [0.2, 0.25) is 0 Å². The van der Waals surface area contributed by atoms with Crippen molar-refractivity contribution in [2.24, 2.45) is 5.92 Å². The quantitative estimate of drug-likeness (QED) is 0.760. The van der Waals surface area contributed by atoms with Gasteiger partial charge in [-0.15, -0.1) is 0 Å². The van der Waals surface area contributed by atoms with Gasteiger partial charge in [0, 0.05) is 17.4 Å². The van der Waals surface area contributed by atoms with E-state index in [9.17, 15) is 4.79 Å². The Hall–Kier alpha value is -0.820. The van der Waals surface area contributed by atoms with Gasteiger partial charge in [-0.1, -0.05) is 37.6 Å². The fourth-order valence-corrected chi connectivity index (χ4v) is 1.69. The first-order chi connectivity index (χ1) is 7.04. The summed E-state index contributed by atoms with van der Waals surface area (Å²) < 4.78 is 0. The molecule has 0 spiro atoms. The highest BCUT2D eigenvalue weighted by atomic mass is 35.5. The average molecular weight is 225 g/mol. The van der Waals surface area contributed by atoms with Crippen LogP contribution in [0, 0.1) is 12.8 Å². The van der Waals surface area contributed by atoms with Gasteiger partial charge in [0.15, 0.2) is 0 Å². The molecule has 1 unspecified atom stereocenters. The zero-order valence-corrected chi connectivity index (χ0v) is 10.3. The molecule has 0 bridgehead atoms. The van der Waals surface area contributed by atoms with Crippen molar-refractivity contribution in [2.45, 2.75) is 33.6 Å². The Balaban J connectivity index is 2.77. The summed E-state index contributed by atoms with van der Waals surface area (Å²) in [5, 5.41) is 0.701. The zero-order valence-electron chi connectivity index (χ0n) is 9.51. The number of aryl methyl sites for hydroxylation is 1. The third-order valence-electron chi connectivity index (χ3n) is 2.74. The van der Waals surface area contributed by atoms with Crippen LogP contribution < -0.4 is 0 Å². The van der Waals surface area contributed by atoms with Crippen molar-refractivity contribution in [1.29, 1.82) is 0 Å². The molecule has 0 aliphatic carbocycles. The Kier molecular flexibility index (Phi) is 4.34. The average Bonchev–Trinajstić information content (AvgIpc) is 2.20. The number of ketones is 1. The van der Waals surface area contributed by atoms with Crippen LogP contribution in [0.1, 0.15) is 31.4 Å². The van der Waals surface area contributed by atoms with Crippen molar-refractivity contribution in [1.82, 2.24) is 0 Å². The molecule has 1 aromatic rings. The lowest BCUT2D eigenvalue weighted by molar-refractivity contribution is -0.121. The van der Waals surface area contributed by atoms with Crippen molar-refractivity contribution in [3.8, 4) is 0 Å². The predicted molar refractivity (Wildman–Crippen MR) is 64.4 cm³/mol. The molecule has 0 fully saturated rings. The van der Waals surface area contributed by atoms with Crippen LogP contribution in [0.4, 0.5) is 0 Å². The van der Waals surface area contributed by atoms with E-state index in [1.54, 1.807) is 0 Å². The summed E-state index contributed by atoms with van der Waals surface area (Å²) in [7, 11) is 0. The molecule has 2 heteroatoms. The van der Waals surface area contributed by atoms with E-state index in [1.165, 1.54) is 0 Å². The van der Waals surface area contributed by atoms with Crippen LogP contribution in [-0.4, -0.2) is 5.78 Å². The number of hydrogen-bond acceptors (Lipinski definition) is 1. The third-order valence-corrected chi connectivity index (χ3v) is 3.09. The molecule has 15 heavy (non-hydrogen) atoms. The molecule has 1 atom stereocenters. The van der Waals surface area contributed by atoms with Crippen molar-refractivity contribution >= 4 is 17.4 Å². The Bertz CT molecular complexity index is 358. The molecule has 0 N–H and O–H groups in total. The standard InChI is InChI=1S/C13H17ClO/c1-4-10(3)13(15)8-11-6-5-9(2)7-12(11)14/h5-7,10H,4,8H2,1-3H3. The zero-order chi connectivity index (χ0) is 11.4. The molecule has 0 amide bonds. The maximum atomic E-state index is 11.7. The molecule has 0 aromatic heterocycles. The lowest BCUT2D eigenvalue weighted by atomic mass is 9.97. The summed E-state index contributed by atoms with van der Waals surface area (Å²) in [6.07, 6.45) is 1.34. The Morgan fingerprint density at radius 2 is 2.13 bits per heavy atom. The summed E-state index contributed by atoms with van der Waals surface area (Å²) in [4.78, 5) is 11.7. The first-order valence-corrected chi connectivity index (χ1v) is 5.70. The maximum absolute atomic E-state index is 11.7. The van der Waals surface area contributed by atoms with Crippen molar-refractivity contribution in [2.75, 3.05) is 0 Å². The first-order valence-electron chi connectivity index (χ1n) is 5.32. The molecule has 0 saturated carbocycles. The Labute approximate surface area is 96.5 Å². The van der Waals surface area contributed by atoms with E-state index in [-0.39, 0.29) is 11.7 Å². The first kappa shape index (κ1) is 12.3. The molecule has 1 rings (SSSR count). The minimum Gasteiger partial charge on any atom is -0.299 e. The second-order valence-electron chi connectivity index (χ2n) is 4.05. The number of benzene rings is 1. The van der Waals surface area contributed by atoms with Crippen LogP contribution in [0.3, 0.4) is 0 Å². The van der Waals surface area contributed by atoms with Gasteiger partial charge >= 0.3 is 0 Å². The van der Waals surface area contributed by atoms with Crippen LogP contribution >= 0.6 is 11.6 Å². The van der Waals surface area contributed by atoms with Crippen molar-refractivity contribution in [3.05, 3.63) is 34.3 Å². The summed E-state index contributed by atoms with van der Waals surface area (Å²) in [5.41, 5.74) is 2.06. The van der Waals surface area contributed by atoms with Gasteiger partial charge in [0.05, 0.1) is 0 Å². The summed E-state index contributed by atoms with van der Waals surface area (Å²) in [6.45, 7) is 5.98. The highest BCUT2D eigenvalue weighted by Gasteiger charge is 2.12. The Morgan fingerprint density at radius 1 is 1.47 bits per heavy atom. The largest absolute Gasteiger partial charge is 0.299 e. The number of carbonyl (C=O) groups excluding carboxylic acids is 1. The number of carbonyl (C=O) groups is 1. The van der Waals surface area contributed by atoms with Gasteiger partial charge in [-0.05, 0) is 30.5 Å². The maximum Gasteiger partial charge on any atom is 0.140 e. The predicted octanol–water partition coefficient (Wildman–Crippen LogP) is 3.81. The minimum absolute atomic E-state index is 0.127. The van der Waals surface area contributed by atoms with E-state index >= 15 is 0 Å². The molecule has 0 saturated heterocycles. The SMILES string of the molecule is CCC(C)C(=O)Cc1ccc(C)cc1Cl. The van der Waals surface area contributed by atoms with Crippen molar-refractivity contribution in [3.63, 3.8) is 0 Å². The van der Waals surface area contributed by atoms with E-state index in [4.69, 9.17) is 11.6 Å². The molecule has 0 aliphatic rings. The minimum atomic E-state index is 0.127. The molecular weight excluding hydrogens is 208 g/mol. The molecule has 0 heterocycles. The van der Waals surface area contributed by atoms with E-state index in [2.05, 4.69) is 0 Å². The second-order valence-corrected chi connectivity index (χ2v) is 4.45. The molecule has 1 nitrogen and oxygen atoms in total. The monoisotopic (exact) mass is 224 g/mol. The molecule has 0 aliphatic heterocycles. The van der Waals surface area contributed by atoms with Gasteiger partial charge in [-0.3, -0.25) is 4.79 Å². The number of hydrogen-bond donors (Lipinski definition) is 0. The summed E-state index contributed by atoms with van der Waals surface area (Å²) in [6, 6.07) is 5.84. The summed E-state index contributed by atoms with van der Waals surface area (Å²) >= 11 is 6.07. The number of Topliss-reactive ketones (excluding diaryl/α,β-unsaturated/α-hetero) is 1. The highest BCUT2D eigenvalue weighted by molar-refractivity contribution is 6.31. The second kappa shape index (κ2) is 5.32. The molecule has 82 valence electrons. The summed E-state index contributed by atoms with van der Waals surface area (Å²) in [5.74, 6) is 0.394. The lowest BCUT2D eigenvalue weighted by Gasteiger charge is -2.08. The van der Waals surface area contributed by atoms with Gasteiger partial charge in [-0.25, -0.2) is 0 Å². The Morgan fingerprint density at radius 3 is 2.67 bits per heavy atom. The van der Waals surface area contributed by atoms with Crippen LogP contribution in [-0.2, 0) is 11.2 Å². The van der Waals surface area contributed by atoms with Crippen LogP contribution in [0.5, 0.6) is 0 Å². The molecule has 1 aromatic carbocycles. The van der Waals surface area contributed by atoms with Gasteiger partial charge in [-0.2, -0.15) is 0 Å². The normalized spacial score (nSPS) is 12.5. The van der Waals surface area contributed by atoms with Crippen molar-refractivity contribution < 1.29 is 4.79 Å². The smallest absolute Gasteiger partial charge is 0.140 e. The van der Waals surface area contributed by atoms with Gasteiger partial charge < -0.3 is 0 Å². The fourth-order valence-electron chi connectivity index (χ4n) is 1.39.